The fourth-order valence-corrected chi connectivity index (χ4v) is 2.38. The molecule has 0 aliphatic heterocycles. The Balaban J connectivity index is 1.64. The third-order valence-corrected chi connectivity index (χ3v) is 3.83. The molecule has 3 aromatic rings. The number of benzene rings is 2. The van der Waals surface area contributed by atoms with Crippen molar-refractivity contribution < 1.29 is 18.9 Å². The molecule has 7 heteroatoms. The summed E-state index contributed by atoms with van der Waals surface area (Å²) in [5.41, 5.74) is 1.94. The summed E-state index contributed by atoms with van der Waals surface area (Å²) in [6.45, 7) is 3.21. The van der Waals surface area contributed by atoms with E-state index in [0.717, 1.165) is 0 Å². The molecule has 0 fully saturated rings. The van der Waals surface area contributed by atoms with Crippen LogP contribution in [0.2, 0.25) is 0 Å². The van der Waals surface area contributed by atoms with Crippen LogP contribution >= 0.6 is 0 Å². The average Bonchev–Trinajstić information content (AvgIpc) is 3.07. The maximum atomic E-state index is 12.3. The highest BCUT2D eigenvalue weighted by molar-refractivity contribution is 6.07. The summed E-state index contributed by atoms with van der Waals surface area (Å²) in [7, 11) is 0. The van der Waals surface area contributed by atoms with E-state index >= 15 is 0 Å². The second-order valence-corrected chi connectivity index (χ2v) is 5.94. The second kappa shape index (κ2) is 7.65. The average molecular weight is 363 g/mol. The third-order valence-electron chi connectivity index (χ3n) is 3.83. The van der Waals surface area contributed by atoms with E-state index in [9.17, 15) is 14.4 Å². The molecule has 27 heavy (non-hydrogen) atoms. The van der Waals surface area contributed by atoms with Crippen LogP contribution in [0, 0.1) is 6.92 Å². The summed E-state index contributed by atoms with van der Waals surface area (Å²) in [4.78, 5) is 35.7. The van der Waals surface area contributed by atoms with Gasteiger partial charge in [0.15, 0.2) is 11.6 Å². The predicted molar refractivity (Wildman–Crippen MR) is 100 cm³/mol. The largest absolute Gasteiger partial charge is 0.360 e. The molecule has 136 valence electrons. The Hall–Kier alpha value is -3.74. The van der Waals surface area contributed by atoms with E-state index in [1.54, 1.807) is 61.5 Å². The highest BCUT2D eigenvalue weighted by atomic mass is 16.5. The van der Waals surface area contributed by atoms with Crippen LogP contribution in [0.1, 0.15) is 43.8 Å². The van der Waals surface area contributed by atoms with Gasteiger partial charge in [-0.2, -0.15) is 0 Å². The number of rotatable bonds is 5. The summed E-state index contributed by atoms with van der Waals surface area (Å²) < 4.78 is 4.89. The Morgan fingerprint density at radius 3 is 1.81 bits per heavy atom. The van der Waals surface area contributed by atoms with Crippen molar-refractivity contribution in [3.63, 3.8) is 0 Å². The van der Waals surface area contributed by atoms with Crippen LogP contribution in [-0.4, -0.2) is 22.8 Å². The highest BCUT2D eigenvalue weighted by Gasteiger charge is 2.11. The first kappa shape index (κ1) is 18.1. The van der Waals surface area contributed by atoms with E-state index in [2.05, 4.69) is 15.8 Å². The van der Waals surface area contributed by atoms with Gasteiger partial charge in [-0.05, 0) is 62.4 Å². The van der Waals surface area contributed by atoms with Gasteiger partial charge in [0.1, 0.15) is 5.76 Å². The first-order valence-electron chi connectivity index (χ1n) is 8.19. The van der Waals surface area contributed by atoms with Crippen molar-refractivity contribution in [3.8, 4) is 0 Å². The summed E-state index contributed by atoms with van der Waals surface area (Å²) >= 11 is 0. The van der Waals surface area contributed by atoms with Crippen molar-refractivity contribution in [2.45, 2.75) is 13.8 Å². The molecule has 1 aromatic heterocycles. The van der Waals surface area contributed by atoms with Crippen LogP contribution in [-0.2, 0) is 0 Å². The fourth-order valence-electron chi connectivity index (χ4n) is 2.38. The van der Waals surface area contributed by atoms with Crippen LogP contribution in [0.25, 0.3) is 0 Å². The molecule has 2 aromatic carbocycles. The van der Waals surface area contributed by atoms with Gasteiger partial charge in [-0.1, -0.05) is 5.16 Å². The lowest BCUT2D eigenvalue weighted by molar-refractivity contribution is 0.101. The van der Waals surface area contributed by atoms with Crippen LogP contribution in [0.15, 0.2) is 59.1 Å². The Morgan fingerprint density at radius 1 is 0.815 bits per heavy atom. The maximum absolute atomic E-state index is 12.3. The summed E-state index contributed by atoms with van der Waals surface area (Å²) in [6.07, 6.45) is 0. The topological polar surface area (TPSA) is 101 Å². The monoisotopic (exact) mass is 363 g/mol. The number of carbonyl (C=O) groups excluding carboxylic acids is 3. The number of hydrogen-bond donors (Lipinski definition) is 2. The Bertz CT molecular complexity index is 989. The van der Waals surface area contributed by atoms with Gasteiger partial charge in [-0.15, -0.1) is 0 Å². The molecule has 7 nitrogen and oxygen atoms in total. The van der Waals surface area contributed by atoms with Gasteiger partial charge in [0.05, 0.1) is 0 Å². The lowest BCUT2D eigenvalue weighted by Gasteiger charge is -2.07. The molecule has 1 heterocycles. The lowest BCUT2D eigenvalue weighted by Crippen LogP contribution is -2.14. The Labute approximate surface area is 155 Å². The van der Waals surface area contributed by atoms with E-state index in [4.69, 9.17) is 4.52 Å². The summed E-state index contributed by atoms with van der Waals surface area (Å²) in [6, 6.07) is 14.5. The minimum atomic E-state index is -0.352. The van der Waals surface area contributed by atoms with E-state index in [1.807, 2.05) is 0 Å². The van der Waals surface area contributed by atoms with Crippen LogP contribution in [0.3, 0.4) is 0 Å². The van der Waals surface area contributed by atoms with Gasteiger partial charge in [0.2, 0.25) is 0 Å². The molecule has 0 unspecified atom stereocenters. The number of aromatic nitrogens is 1. The fraction of sp³-hybridized carbons (Fsp3) is 0.100. The molecule has 0 aliphatic carbocycles. The van der Waals surface area contributed by atoms with Crippen molar-refractivity contribution >= 4 is 29.1 Å². The smallest absolute Gasteiger partial charge is 0.256 e. The SMILES string of the molecule is CC(=O)c1ccc(NC(=O)c2ccc(C(=O)Nc3cc(C)on3)cc2)cc1. The number of anilines is 2. The van der Waals surface area contributed by atoms with Gasteiger partial charge in [0.25, 0.3) is 11.8 Å². The Kier molecular flexibility index (Phi) is 5.12. The van der Waals surface area contributed by atoms with E-state index < -0.39 is 0 Å². The van der Waals surface area contributed by atoms with Crippen molar-refractivity contribution in [3.05, 3.63) is 77.0 Å². The second-order valence-electron chi connectivity index (χ2n) is 5.94. The number of amides is 2. The number of ketones is 1. The van der Waals surface area contributed by atoms with Crippen LogP contribution in [0.5, 0.6) is 0 Å². The predicted octanol–water partition coefficient (Wildman–Crippen LogP) is 3.69. The highest BCUT2D eigenvalue weighted by Crippen LogP contribution is 2.14. The zero-order valence-electron chi connectivity index (χ0n) is 14.8. The molecule has 2 N–H and O–H groups in total. The van der Waals surface area contributed by atoms with Crippen molar-refractivity contribution in [2.75, 3.05) is 10.6 Å². The van der Waals surface area contributed by atoms with Gasteiger partial charge in [0, 0.05) is 28.4 Å². The molecule has 0 saturated heterocycles. The zero-order chi connectivity index (χ0) is 19.4. The molecule has 2 amide bonds. The molecule has 0 radical (unpaired) electrons. The Morgan fingerprint density at radius 2 is 1.33 bits per heavy atom. The first-order valence-corrected chi connectivity index (χ1v) is 8.19. The standard InChI is InChI=1S/C20H17N3O4/c1-12-11-18(23-27-12)22-20(26)16-5-3-15(4-6-16)19(25)21-17-9-7-14(8-10-17)13(2)24/h3-11H,1-2H3,(H,21,25)(H,22,23,26). The summed E-state index contributed by atoms with van der Waals surface area (Å²) in [5, 5.41) is 9.05. The normalized spacial score (nSPS) is 10.3. The van der Waals surface area contributed by atoms with Crippen LogP contribution < -0.4 is 10.6 Å². The quantitative estimate of drug-likeness (QED) is 0.673. The van der Waals surface area contributed by atoms with Gasteiger partial charge in [-0.3, -0.25) is 14.4 Å². The molecule has 3 rings (SSSR count). The molecule has 0 saturated carbocycles. The molecule has 0 spiro atoms. The van der Waals surface area contributed by atoms with E-state index in [0.29, 0.717) is 34.0 Å². The third kappa shape index (κ3) is 4.46. The number of aryl methyl sites for hydroxylation is 1. The number of nitrogens with zero attached hydrogens (tertiary/aromatic N) is 1. The minimum Gasteiger partial charge on any atom is -0.360 e. The molecular weight excluding hydrogens is 346 g/mol. The van der Waals surface area contributed by atoms with E-state index in [1.165, 1.54) is 6.92 Å². The van der Waals surface area contributed by atoms with Gasteiger partial charge in [-0.25, -0.2) is 0 Å². The maximum Gasteiger partial charge on any atom is 0.256 e. The number of carbonyl (C=O) groups is 3. The van der Waals surface area contributed by atoms with Crippen molar-refractivity contribution in [1.82, 2.24) is 5.16 Å². The van der Waals surface area contributed by atoms with Crippen LogP contribution in [0.4, 0.5) is 11.5 Å². The molecular formula is C20H17N3O4. The number of nitrogens with one attached hydrogen (secondary N) is 2. The number of Topliss-reactive ketones (excluding diaryl/α,β-unsaturated/α-hetero) is 1. The molecule has 0 atom stereocenters. The number of hydrogen-bond acceptors (Lipinski definition) is 5. The van der Waals surface area contributed by atoms with Gasteiger partial charge >= 0.3 is 0 Å². The van der Waals surface area contributed by atoms with Crippen molar-refractivity contribution in [1.29, 1.82) is 0 Å². The molecule has 0 bridgehead atoms. The first-order chi connectivity index (χ1) is 12.9. The zero-order valence-corrected chi connectivity index (χ0v) is 14.8. The van der Waals surface area contributed by atoms with E-state index in [-0.39, 0.29) is 17.6 Å². The lowest BCUT2D eigenvalue weighted by atomic mass is 10.1. The molecule has 0 aliphatic rings. The minimum absolute atomic E-state index is 0.0393. The van der Waals surface area contributed by atoms with Gasteiger partial charge < -0.3 is 15.2 Å². The van der Waals surface area contributed by atoms with Crippen molar-refractivity contribution in [2.24, 2.45) is 0 Å². The summed E-state index contributed by atoms with van der Waals surface area (Å²) in [5.74, 6) is 0.212.